The van der Waals surface area contributed by atoms with Gasteiger partial charge in [-0.1, -0.05) is 27.7 Å². The van der Waals surface area contributed by atoms with Gasteiger partial charge in [0, 0.05) is 5.92 Å². The smallest absolute Gasteiger partial charge is 0.294 e. The molecule has 2 saturated heterocycles. The van der Waals surface area contributed by atoms with Gasteiger partial charge in [0.05, 0.1) is 19.3 Å². The molecule has 0 bridgehead atoms. The summed E-state index contributed by atoms with van der Waals surface area (Å²) in [4.78, 5) is 14.8. The van der Waals surface area contributed by atoms with E-state index in [1.165, 1.54) is 0 Å². The van der Waals surface area contributed by atoms with Crippen LogP contribution in [0.1, 0.15) is 27.7 Å². The van der Waals surface area contributed by atoms with Gasteiger partial charge in [0.2, 0.25) is 0 Å². The molecule has 4 atom stereocenters. The molecule has 0 aliphatic carbocycles. The van der Waals surface area contributed by atoms with Crippen LogP contribution >= 0.6 is 0 Å². The molecule has 0 amide bonds. The van der Waals surface area contributed by atoms with Crippen LogP contribution in [0.5, 0.6) is 0 Å². The lowest BCUT2D eigenvalue weighted by molar-refractivity contribution is -0.769. The summed E-state index contributed by atoms with van der Waals surface area (Å²) in [5.41, 5.74) is 0. The average molecular weight is 247 g/mol. The van der Waals surface area contributed by atoms with Crippen molar-refractivity contribution in [2.45, 2.75) is 46.0 Å². The van der Waals surface area contributed by atoms with Crippen LogP contribution in [-0.4, -0.2) is 36.6 Å². The summed E-state index contributed by atoms with van der Waals surface area (Å²) in [6.45, 7) is 9.05. The predicted octanol–water partition coefficient (Wildman–Crippen LogP) is 1.66. The van der Waals surface area contributed by atoms with E-state index in [1.54, 1.807) is 0 Å². The molecule has 0 saturated carbocycles. The molecule has 0 radical (unpaired) electrons. The first-order valence-corrected chi connectivity index (χ1v) is 6.14. The first-order chi connectivity index (χ1) is 8.09. The Balaban J connectivity index is 0.000000686. The van der Waals surface area contributed by atoms with Crippen molar-refractivity contribution in [1.29, 1.82) is 0 Å². The largest absolute Gasteiger partial charge is 0.373 e. The lowest BCUT2D eigenvalue weighted by Crippen LogP contribution is -2.33. The zero-order chi connectivity index (χ0) is 13.0. The molecule has 0 aromatic carbocycles. The van der Waals surface area contributed by atoms with E-state index in [0.29, 0.717) is 18.4 Å². The highest BCUT2D eigenvalue weighted by Gasteiger charge is 2.49. The molecule has 2 fully saturated rings. The van der Waals surface area contributed by atoms with Crippen LogP contribution in [0.25, 0.3) is 0 Å². The van der Waals surface area contributed by atoms with Gasteiger partial charge in [0.25, 0.3) is 5.09 Å². The van der Waals surface area contributed by atoms with Crippen molar-refractivity contribution in [2.75, 3.05) is 13.2 Å². The Labute approximate surface area is 101 Å². The fourth-order valence-electron chi connectivity index (χ4n) is 2.27. The van der Waals surface area contributed by atoms with Crippen LogP contribution in [-0.2, 0) is 14.3 Å². The predicted molar refractivity (Wildman–Crippen MR) is 61.0 cm³/mol. The fraction of sp³-hybridized carbons (Fsp3) is 1.00. The zero-order valence-corrected chi connectivity index (χ0v) is 10.8. The summed E-state index contributed by atoms with van der Waals surface area (Å²) in [6, 6.07) is 0. The molecule has 0 spiro atoms. The number of hydrogen-bond donors (Lipinski definition) is 0. The van der Waals surface area contributed by atoms with Gasteiger partial charge >= 0.3 is 0 Å². The molecule has 6 heteroatoms. The molecule has 2 aliphatic heterocycles. The Kier molecular flexibility index (Phi) is 5.14. The highest BCUT2D eigenvalue weighted by atomic mass is 17.0. The van der Waals surface area contributed by atoms with Crippen molar-refractivity contribution >= 4 is 0 Å². The molecule has 2 rings (SSSR count). The summed E-state index contributed by atoms with van der Waals surface area (Å²) in [6.07, 6.45) is -0.883. The third kappa shape index (κ3) is 3.07. The van der Waals surface area contributed by atoms with Crippen molar-refractivity contribution < 1.29 is 19.4 Å². The van der Waals surface area contributed by atoms with Gasteiger partial charge < -0.3 is 14.3 Å². The van der Waals surface area contributed by atoms with Gasteiger partial charge in [-0.2, -0.15) is 0 Å². The van der Waals surface area contributed by atoms with E-state index in [2.05, 4.69) is 18.7 Å². The van der Waals surface area contributed by atoms with Crippen LogP contribution in [0.4, 0.5) is 0 Å². The summed E-state index contributed by atoms with van der Waals surface area (Å²) in [7, 11) is 0. The van der Waals surface area contributed by atoms with Crippen LogP contribution in [0, 0.1) is 22.0 Å². The number of nitrogens with zero attached hydrogens (tertiary/aromatic N) is 1. The highest BCUT2D eigenvalue weighted by molar-refractivity contribution is 4.95. The van der Waals surface area contributed by atoms with Gasteiger partial charge in [-0.15, -0.1) is 10.1 Å². The summed E-state index contributed by atoms with van der Waals surface area (Å²) in [5.74, 6) is 0.768. The van der Waals surface area contributed by atoms with Gasteiger partial charge in [-0.3, -0.25) is 0 Å². The van der Waals surface area contributed by atoms with E-state index in [-0.39, 0.29) is 18.8 Å². The molecule has 0 aromatic heterocycles. The number of ether oxygens (including phenoxy) is 2. The van der Waals surface area contributed by atoms with E-state index in [9.17, 15) is 10.1 Å². The minimum absolute atomic E-state index is 0.0463. The lowest BCUT2D eigenvalue weighted by Gasteiger charge is -2.18. The Hall–Kier alpha value is -0.880. The van der Waals surface area contributed by atoms with Gasteiger partial charge in [0.1, 0.15) is 6.10 Å². The van der Waals surface area contributed by atoms with Crippen LogP contribution in [0.15, 0.2) is 0 Å². The summed E-state index contributed by atoms with van der Waals surface area (Å²) >= 11 is 0. The number of hydrogen-bond acceptors (Lipinski definition) is 5. The number of rotatable bonds is 3. The summed E-state index contributed by atoms with van der Waals surface area (Å²) < 4.78 is 11.0. The standard InChI is InChI=1S/C9H15NO5.C2H6/c1-5(2)6-3-13-9-7(15-10(11)12)4-14-8(6)9;1-2/h5-9H,3-4H2,1-2H3;1-2H3. The summed E-state index contributed by atoms with van der Waals surface area (Å²) in [5, 5.41) is 9.46. The Morgan fingerprint density at radius 3 is 2.35 bits per heavy atom. The molecular weight excluding hydrogens is 226 g/mol. The molecule has 2 aliphatic rings. The van der Waals surface area contributed by atoms with Gasteiger partial charge in [0.15, 0.2) is 6.10 Å². The van der Waals surface area contributed by atoms with Crippen LogP contribution < -0.4 is 0 Å². The third-order valence-corrected chi connectivity index (χ3v) is 3.12. The Morgan fingerprint density at radius 1 is 1.24 bits per heavy atom. The molecule has 0 N–H and O–H groups in total. The topological polar surface area (TPSA) is 70.8 Å². The first kappa shape index (κ1) is 14.2. The van der Waals surface area contributed by atoms with Crippen molar-refractivity contribution in [3.8, 4) is 0 Å². The van der Waals surface area contributed by atoms with Crippen molar-refractivity contribution in [3.63, 3.8) is 0 Å². The van der Waals surface area contributed by atoms with E-state index in [1.807, 2.05) is 13.8 Å². The molecule has 6 nitrogen and oxygen atoms in total. The van der Waals surface area contributed by atoms with E-state index in [4.69, 9.17) is 9.47 Å². The molecule has 100 valence electrons. The molecule has 0 aromatic rings. The maximum Gasteiger partial charge on any atom is 0.294 e. The van der Waals surface area contributed by atoms with Crippen molar-refractivity contribution in [3.05, 3.63) is 10.1 Å². The van der Waals surface area contributed by atoms with Crippen LogP contribution in [0.3, 0.4) is 0 Å². The second-order valence-corrected chi connectivity index (χ2v) is 4.37. The van der Waals surface area contributed by atoms with Gasteiger partial charge in [-0.25, -0.2) is 0 Å². The normalized spacial score (nSPS) is 35.1. The first-order valence-electron chi connectivity index (χ1n) is 6.14. The molecular formula is C11H21NO5. The SMILES string of the molecule is CC.CC(C)C1COC2C(O[N+](=O)[O-])COC12. The highest BCUT2D eigenvalue weighted by Crippen LogP contribution is 2.36. The molecule has 2 heterocycles. The maximum atomic E-state index is 10.2. The minimum atomic E-state index is -0.775. The number of fused-ring (bicyclic) bond motifs is 1. The quantitative estimate of drug-likeness (QED) is 0.560. The van der Waals surface area contributed by atoms with Crippen LogP contribution in [0.2, 0.25) is 0 Å². The fourth-order valence-corrected chi connectivity index (χ4v) is 2.27. The lowest BCUT2D eigenvalue weighted by atomic mass is 9.90. The van der Waals surface area contributed by atoms with E-state index >= 15 is 0 Å². The monoisotopic (exact) mass is 247 g/mol. The van der Waals surface area contributed by atoms with Crippen molar-refractivity contribution in [2.24, 2.45) is 11.8 Å². The van der Waals surface area contributed by atoms with Crippen molar-refractivity contribution in [1.82, 2.24) is 0 Å². The average Bonchev–Trinajstić information content (AvgIpc) is 2.83. The van der Waals surface area contributed by atoms with Gasteiger partial charge in [-0.05, 0) is 5.92 Å². The van der Waals surface area contributed by atoms with E-state index in [0.717, 1.165) is 0 Å². The zero-order valence-electron chi connectivity index (χ0n) is 10.8. The Bertz CT molecular complexity index is 258. The maximum absolute atomic E-state index is 10.2. The minimum Gasteiger partial charge on any atom is -0.373 e. The molecule has 4 unspecified atom stereocenters. The molecule has 17 heavy (non-hydrogen) atoms. The second kappa shape index (κ2) is 6.16. The van der Waals surface area contributed by atoms with E-state index < -0.39 is 11.2 Å². The Morgan fingerprint density at radius 2 is 1.82 bits per heavy atom. The third-order valence-electron chi connectivity index (χ3n) is 3.12. The second-order valence-electron chi connectivity index (χ2n) is 4.37.